The van der Waals surface area contributed by atoms with E-state index in [1.54, 1.807) is 0 Å². The lowest BCUT2D eigenvalue weighted by Crippen LogP contribution is -1.89. The lowest BCUT2D eigenvalue weighted by molar-refractivity contribution is 0.478. The van der Waals surface area contributed by atoms with Crippen LogP contribution in [0.5, 0.6) is 11.5 Å². The molecule has 0 radical (unpaired) electrons. The third kappa shape index (κ3) is 3.27. The Morgan fingerprint density at radius 2 is 1.72 bits per heavy atom. The molecule has 2 rings (SSSR count). The summed E-state index contributed by atoms with van der Waals surface area (Å²) >= 11 is 9.29. The summed E-state index contributed by atoms with van der Waals surface area (Å²) < 4.78 is 6.80. The number of hydrogen-bond acceptors (Lipinski definition) is 1. The van der Waals surface area contributed by atoms with Crippen molar-refractivity contribution in [2.24, 2.45) is 0 Å². The summed E-state index contributed by atoms with van der Waals surface area (Å²) in [5.74, 6) is 2.16. The van der Waals surface area contributed by atoms with Gasteiger partial charge < -0.3 is 4.74 Å². The maximum Gasteiger partial charge on any atom is 0.141 e. The lowest BCUT2D eigenvalue weighted by atomic mass is 10.1. The van der Waals surface area contributed by atoms with Crippen LogP contribution >= 0.6 is 27.5 Å². The summed E-state index contributed by atoms with van der Waals surface area (Å²) in [5.41, 5.74) is 3.45. The predicted molar refractivity (Wildman–Crippen MR) is 79.7 cm³/mol. The highest BCUT2D eigenvalue weighted by molar-refractivity contribution is 9.10. The van der Waals surface area contributed by atoms with Gasteiger partial charge in [0.25, 0.3) is 0 Å². The molecule has 0 amide bonds. The van der Waals surface area contributed by atoms with Crippen LogP contribution < -0.4 is 4.74 Å². The molecule has 0 N–H and O–H groups in total. The second kappa shape index (κ2) is 5.77. The fourth-order valence-corrected chi connectivity index (χ4v) is 2.50. The predicted octanol–water partition coefficient (Wildman–Crippen LogP) is 5.60. The van der Waals surface area contributed by atoms with E-state index in [0.29, 0.717) is 5.88 Å². The highest BCUT2D eigenvalue weighted by atomic mass is 79.9. The first-order valence-corrected chi connectivity index (χ1v) is 7.02. The quantitative estimate of drug-likeness (QED) is 0.668. The maximum atomic E-state index is 5.88. The second-order valence-corrected chi connectivity index (χ2v) is 5.45. The number of aryl methyl sites for hydroxylation is 2. The fourth-order valence-electron chi connectivity index (χ4n) is 1.83. The standard InChI is InChI=1S/C15H14BrClO/c1-10-5-11(2)7-13(6-10)18-15-4-3-12(9-17)8-14(15)16/h3-8H,9H2,1-2H3. The Bertz CT molecular complexity index is 546. The van der Waals surface area contributed by atoms with Gasteiger partial charge in [0.1, 0.15) is 11.5 Å². The summed E-state index contributed by atoms with van der Waals surface area (Å²) in [7, 11) is 0. The van der Waals surface area contributed by atoms with Gasteiger partial charge in [-0.3, -0.25) is 0 Å². The fraction of sp³-hybridized carbons (Fsp3) is 0.200. The number of benzene rings is 2. The molecule has 1 nitrogen and oxygen atoms in total. The number of ether oxygens (including phenoxy) is 1. The van der Waals surface area contributed by atoms with E-state index in [-0.39, 0.29) is 0 Å². The van der Waals surface area contributed by atoms with Gasteiger partial charge in [0, 0.05) is 5.88 Å². The van der Waals surface area contributed by atoms with Crippen molar-refractivity contribution in [1.82, 2.24) is 0 Å². The van der Waals surface area contributed by atoms with Crippen LogP contribution in [0.25, 0.3) is 0 Å². The largest absolute Gasteiger partial charge is 0.456 e. The lowest BCUT2D eigenvalue weighted by Gasteiger charge is -2.10. The zero-order valence-electron chi connectivity index (χ0n) is 10.3. The third-order valence-electron chi connectivity index (χ3n) is 2.57. The van der Waals surface area contributed by atoms with Gasteiger partial charge >= 0.3 is 0 Å². The van der Waals surface area contributed by atoms with E-state index in [9.17, 15) is 0 Å². The summed E-state index contributed by atoms with van der Waals surface area (Å²) in [6.45, 7) is 4.12. The first-order valence-electron chi connectivity index (χ1n) is 5.69. The molecule has 0 atom stereocenters. The summed E-state index contributed by atoms with van der Waals surface area (Å²) in [6.07, 6.45) is 0. The van der Waals surface area contributed by atoms with E-state index in [2.05, 4.69) is 35.8 Å². The normalized spacial score (nSPS) is 10.4. The Hall–Kier alpha value is -0.990. The van der Waals surface area contributed by atoms with Crippen molar-refractivity contribution in [3.05, 3.63) is 57.6 Å². The van der Waals surface area contributed by atoms with Gasteiger partial charge in [0.2, 0.25) is 0 Å². The molecule has 0 aliphatic rings. The summed E-state index contributed by atoms with van der Waals surface area (Å²) in [5, 5.41) is 0. The van der Waals surface area contributed by atoms with Crippen LogP contribution in [0.15, 0.2) is 40.9 Å². The van der Waals surface area contributed by atoms with Gasteiger partial charge in [-0.1, -0.05) is 12.1 Å². The highest BCUT2D eigenvalue weighted by Gasteiger charge is 2.05. The van der Waals surface area contributed by atoms with Gasteiger partial charge in [0.05, 0.1) is 4.47 Å². The topological polar surface area (TPSA) is 9.23 Å². The third-order valence-corrected chi connectivity index (χ3v) is 3.50. The molecular weight excluding hydrogens is 312 g/mol. The number of rotatable bonds is 3. The van der Waals surface area contributed by atoms with Crippen LogP contribution in [-0.2, 0) is 5.88 Å². The minimum absolute atomic E-state index is 0.502. The van der Waals surface area contributed by atoms with Crippen molar-refractivity contribution in [2.75, 3.05) is 0 Å². The zero-order chi connectivity index (χ0) is 13.1. The molecule has 0 aromatic heterocycles. The smallest absolute Gasteiger partial charge is 0.141 e. The number of hydrogen-bond donors (Lipinski definition) is 0. The van der Waals surface area contributed by atoms with Crippen molar-refractivity contribution in [1.29, 1.82) is 0 Å². The highest BCUT2D eigenvalue weighted by Crippen LogP contribution is 2.31. The molecule has 3 heteroatoms. The van der Waals surface area contributed by atoms with E-state index in [0.717, 1.165) is 21.5 Å². The molecule has 18 heavy (non-hydrogen) atoms. The number of halogens is 2. The van der Waals surface area contributed by atoms with Crippen LogP contribution in [0.4, 0.5) is 0 Å². The SMILES string of the molecule is Cc1cc(C)cc(Oc2ccc(CCl)cc2Br)c1. The van der Waals surface area contributed by atoms with Gasteiger partial charge in [-0.15, -0.1) is 11.6 Å². The Balaban J connectivity index is 2.28. The van der Waals surface area contributed by atoms with Crippen LogP contribution in [0.1, 0.15) is 16.7 Å². The van der Waals surface area contributed by atoms with Gasteiger partial charge in [-0.2, -0.15) is 0 Å². The Labute approximate surface area is 121 Å². The minimum atomic E-state index is 0.502. The van der Waals surface area contributed by atoms with E-state index < -0.39 is 0 Å². The molecule has 0 unspecified atom stereocenters. The molecule has 0 aliphatic carbocycles. The van der Waals surface area contributed by atoms with E-state index in [1.807, 2.05) is 30.3 Å². The van der Waals surface area contributed by atoms with Gasteiger partial charge in [0.15, 0.2) is 0 Å². The van der Waals surface area contributed by atoms with Crippen LogP contribution in [-0.4, -0.2) is 0 Å². The zero-order valence-corrected chi connectivity index (χ0v) is 12.7. The Kier molecular flexibility index (Phi) is 4.31. The summed E-state index contributed by atoms with van der Waals surface area (Å²) in [4.78, 5) is 0. The van der Waals surface area contributed by atoms with Crippen molar-refractivity contribution in [2.45, 2.75) is 19.7 Å². The molecule has 94 valence electrons. The summed E-state index contributed by atoms with van der Waals surface area (Å²) in [6, 6.07) is 12.0. The van der Waals surface area contributed by atoms with Crippen molar-refractivity contribution < 1.29 is 4.74 Å². The Morgan fingerprint density at radius 1 is 1.06 bits per heavy atom. The van der Waals surface area contributed by atoms with Crippen LogP contribution in [0, 0.1) is 13.8 Å². The van der Waals surface area contributed by atoms with E-state index in [4.69, 9.17) is 16.3 Å². The van der Waals surface area contributed by atoms with Gasteiger partial charge in [-0.05, 0) is 70.7 Å². The molecular formula is C15H14BrClO. The van der Waals surface area contributed by atoms with Crippen LogP contribution in [0.2, 0.25) is 0 Å². The van der Waals surface area contributed by atoms with E-state index in [1.165, 1.54) is 11.1 Å². The van der Waals surface area contributed by atoms with E-state index >= 15 is 0 Å². The minimum Gasteiger partial charge on any atom is -0.456 e. The van der Waals surface area contributed by atoms with Crippen molar-refractivity contribution in [3.8, 4) is 11.5 Å². The molecule has 0 bridgehead atoms. The molecule has 0 saturated carbocycles. The molecule has 0 fully saturated rings. The molecule has 0 heterocycles. The average Bonchev–Trinajstić information content (AvgIpc) is 2.30. The Morgan fingerprint density at radius 3 is 2.28 bits per heavy atom. The van der Waals surface area contributed by atoms with Crippen molar-refractivity contribution in [3.63, 3.8) is 0 Å². The maximum absolute atomic E-state index is 5.88. The molecule has 0 spiro atoms. The first kappa shape index (κ1) is 13.4. The second-order valence-electron chi connectivity index (χ2n) is 4.32. The van der Waals surface area contributed by atoms with Gasteiger partial charge in [-0.25, -0.2) is 0 Å². The van der Waals surface area contributed by atoms with Crippen molar-refractivity contribution >= 4 is 27.5 Å². The molecule has 0 saturated heterocycles. The average molecular weight is 326 g/mol. The number of alkyl halides is 1. The molecule has 0 aliphatic heterocycles. The molecule has 2 aromatic carbocycles. The molecule has 2 aromatic rings. The first-order chi connectivity index (χ1) is 8.58. The monoisotopic (exact) mass is 324 g/mol. The van der Waals surface area contributed by atoms with Crippen LogP contribution in [0.3, 0.4) is 0 Å².